The predicted octanol–water partition coefficient (Wildman–Crippen LogP) is 1.23. The normalized spacial score (nSPS) is 13.6. The first-order chi connectivity index (χ1) is 8.85. The van der Waals surface area contributed by atoms with Crippen LogP contribution in [-0.4, -0.2) is 38.2 Å². The maximum absolute atomic E-state index is 11.1. The zero-order valence-corrected chi connectivity index (χ0v) is 11.7. The van der Waals surface area contributed by atoms with E-state index in [0.717, 1.165) is 6.26 Å². The Morgan fingerprint density at radius 2 is 2.26 bits per heavy atom. The molecule has 0 amide bonds. The lowest BCUT2D eigenvalue weighted by Gasteiger charge is -2.10. The summed E-state index contributed by atoms with van der Waals surface area (Å²) in [5.41, 5.74) is 6.20. The number of benzene rings is 1. The third-order valence-corrected chi connectivity index (χ3v) is 3.62. The molecule has 19 heavy (non-hydrogen) atoms. The van der Waals surface area contributed by atoms with E-state index in [1.54, 1.807) is 18.2 Å². The fourth-order valence-electron chi connectivity index (χ4n) is 1.62. The molecule has 0 radical (unpaired) electrons. The van der Waals surface area contributed by atoms with Gasteiger partial charge in [0.1, 0.15) is 16.4 Å². The Morgan fingerprint density at radius 1 is 1.53 bits per heavy atom. The van der Waals surface area contributed by atoms with Gasteiger partial charge < -0.3 is 15.0 Å². The maximum atomic E-state index is 11.1. The lowest BCUT2D eigenvalue weighted by molar-refractivity contribution is 0.269. The van der Waals surface area contributed by atoms with E-state index in [0.29, 0.717) is 16.0 Å². The summed E-state index contributed by atoms with van der Waals surface area (Å²) in [6.45, 7) is 0.0290. The molecule has 2 N–H and O–H groups in total. The fourth-order valence-corrected chi connectivity index (χ4v) is 2.66. The quantitative estimate of drug-likeness (QED) is 0.892. The Hall–Kier alpha value is -1.31. The van der Waals surface area contributed by atoms with Gasteiger partial charge in [0.2, 0.25) is 0 Å². The van der Waals surface area contributed by atoms with E-state index in [4.69, 9.17) is 26.6 Å². The second-order valence-electron chi connectivity index (χ2n) is 4.29. The highest BCUT2D eigenvalue weighted by molar-refractivity contribution is 7.90. The van der Waals surface area contributed by atoms with Crippen LogP contribution in [0.25, 0.3) is 11.0 Å². The summed E-state index contributed by atoms with van der Waals surface area (Å²) in [5.74, 6) is 0.102. The highest BCUT2D eigenvalue weighted by atomic mass is 35.5. The molecular formula is C11H13ClN2O4S. The van der Waals surface area contributed by atoms with Crippen molar-refractivity contribution < 1.29 is 17.7 Å². The smallest absolute Gasteiger partial charge is 0.262 e. The summed E-state index contributed by atoms with van der Waals surface area (Å²) in [6, 6.07) is 4.38. The van der Waals surface area contributed by atoms with Crippen LogP contribution in [0, 0.1) is 0 Å². The molecule has 1 atom stereocenters. The molecule has 2 aromatic rings. The first-order valence-electron chi connectivity index (χ1n) is 5.46. The molecule has 1 aromatic carbocycles. The minimum atomic E-state index is -3.13. The van der Waals surface area contributed by atoms with Gasteiger partial charge in [-0.25, -0.2) is 8.42 Å². The maximum Gasteiger partial charge on any atom is 0.262 e. The first-order valence-corrected chi connectivity index (χ1v) is 7.90. The Labute approximate surface area is 115 Å². The summed E-state index contributed by atoms with van der Waals surface area (Å²) >= 11 is 5.87. The van der Waals surface area contributed by atoms with Crippen molar-refractivity contribution in [3.05, 3.63) is 23.2 Å². The molecule has 0 fully saturated rings. The molecule has 0 aliphatic rings. The van der Waals surface area contributed by atoms with Gasteiger partial charge in [-0.3, -0.25) is 0 Å². The van der Waals surface area contributed by atoms with Gasteiger partial charge in [0.05, 0.1) is 17.2 Å². The second kappa shape index (κ2) is 5.36. The van der Waals surface area contributed by atoms with Gasteiger partial charge in [-0.1, -0.05) is 11.6 Å². The van der Waals surface area contributed by atoms with Crippen LogP contribution in [0.5, 0.6) is 5.88 Å². The monoisotopic (exact) mass is 304 g/mol. The number of halogens is 1. The topological polar surface area (TPSA) is 95.4 Å². The van der Waals surface area contributed by atoms with Gasteiger partial charge in [0, 0.05) is 11.3 Å². The number of sulfone groups is 1. The number of ether oxygens (including phenoxy) is 1. The molecule has 0 aliphatic heterocycles. The Kier molecular flexibility index (Phi) is 3.98. The van der Waals surface area contributed by atoms with Crippen molar-refractivity contribution in [2.24, 2.45) is 5.73 Å². The third-order valence-electron chi connectivity index (χ3n) is 2.35. The number of hydrogen-bond acceptors (Lipinski definition) is 6. The molecule has 1 aromatic heterocycles. The zero-order valence-electron chi connectivity index (χ0n) is 10.2. The largest absolute Gasteiger partial charge is 0.473 e. The van der Waals surface area contributed by atoms with Crippen LogP contribution >= 0.6 is 11.6 Å². The zero-order chi connectivity index (χ0) is 14.0. The summed E-state index contributed by atoms with van der Waals surface area (Å²) in [5, 5.41) is 4.90. The molecule has 104 valence electrons. The predicted molar refractivity (Wildman–Crippen MR) is 72.2 cm³/mol. The Morgan fingerprint density at radius 3 is 2.95 bits per heavy atom. The van der Waals surface area contributed by atoms with E-state index in [2.05, 4.69) is 5.16 Å². The summed E-state index contributed by atoms with van der Waals surface area (Å²) in [7, 11) is -3.13. The minimum absolute atomic E-state index is 0.0290. The van der Waals surface area contributed by atoms with E-state index in [-0.39, 0.29) is 18.2 Å². The molecule has 0 bridgehead atoms. The number of fused-ring (bicyclic) bond motifs is 1. The van der Waals surface area contributed by atoms with Crippen LogP contribution in [0.15, 0.2) is 22.7 Å². The van der Waals surface area contributed by atoms with Gasteiger partial charge >= 0.3 is 0 Å². The van der Waals surface area contributed by atoms with Crippen molar-refractivity contribution in [2.45, 2.75) is 6.04 Å². The third kappa shape index (κ3) is 3.82. The van der Waals surface area contributed by atoms with Gasteiger partial charge in [-0.2, -0.15) is 0 Å². The lowest BCUT2D eigenvalue weighted by Crippen LogP contribution is -2.35. The number of hydrogen-bond donors (Lipinski definition) is 1. The van der Waals surface area contributed by atoms with Crippen LogP contribution in [0.3, 0.4) is 0 Å². The molecule has 0 aliphatic carbocycles. The highest BCUT2D eigenvalue weighted by Crippen LogP contribution is 2.27. The first kappa shape index (κ1) is 14.1. The van der Waals surface area contributed by atoms with Gasteiger partial charge in [-0.15, -0.1) is 0 Å². The van der Waals surface area contributed by atoms with Crippen LogP contribution < -0.4 is 10.5 Å². The van der Waals surface area contributed by atoms with Crippen LogP contribution in [0.1, 0.15) is 0 Å². The van der Waals surface area contributed by atoms with E-state index in [1.165, 1.54) is 0 Å². The highest BCUT2D eigenvalue weighted by Gasteiger charge is 2.15. The fraction of sp³-hybridized carbons (Fsp3) is 0.364. The van der Waals surface area contributed by atoms with Gasteiger partial charge in [0.15, 0.2) is 5.58 Å². The van der Waals surface area contributed by atoms with Crippen LogP contribution in [-0.2, 0) is 9.84 Å². The molecule has 1 unspecified atom stereocenters. The number of rotatable bonds is 5. The van der Waals surface area contributed by atoms with E-state index >= 15 is 0 Å². The molecule has 2 rings (SSSR count). The molecule has 0 saturated carbocycles. The Balaban J connectivity index is 2.08. The van der Waals surface area contributed by atoms with E-state index in [9.17, 15) is 8.42 Å². The van der Waals surface area contributed by atoms with Crippen molar-refractivity contribution in [3.63, 3.8) is 0 Å². The van der Waals surface area contributed by atoms with Crippen molar-refractivity contribution in [3.8, 4) is 5.88 Å². The van der Waals surface area contributed by atoms with Crippen LogP contribution in [0.2, 0.25) is 5.02 Å². The van der Waals surface area contributed by atoms with E-state index in [1.807, 2.05) is 0 Å². The molecule has 0 saturated heterocycles. The standard InChI is InChI=1S/C11H13ClN2O4S/c1-19(15,16)6-8(13)5-17-11-9-4-7(12)2-3-10(9)18-14-11/h2-4,8H,5-6,13H2,1H3. The molecule has 1 heterocycles. The van der Waals surface area contributed by atoms with Crippen molar-refractivity contribution in [1.29, 1.82) is 0 Å². The number of aromatic nitrogens is 1. The van der Waals surface area contributed by atoms with Gasteiger partial charge in [-0.05, 0) is 23.4 Å². The molecular weight excluding hydrogens is 292 g/mol. The lowest BCUT2D eigenvalue weighted by atomic mass is 10.2. The van der Waals surface area contributed by atoms with Gasteiger partial charge in [0.25, 0.3) is 5.88 Å². The summed E-state index contributed by atoms with van der Waals surface area (Å²) in [4.78, 5) is 0. The Bertz CT molecular complexity index is 683. The second-order valence-corrected chi connectivity index (χ2v) is 6.91. The van der Waals surface area contributed by atoms with Crippen LogP contribution in [0.4, 0.5) is 0 Å². The molecule has 8 heteroatoms. The summed E-state index contributed by atoms with van der Waals surface area (Å²) < 4.78 is 32.6. The minimum Gasteiger partial charge on any atom is -0.473 e. The van der Waals surface area contributed by atoms with Crippen molar-refractivity contribution >= 4 is 32.4 Å². The van der Waals surface area contributed by atoms with E-state index < -0.39 is 15.9 Å². The average molecular weight is 305 g/mol. The average Bonchev–Trinajstić information content (AvgIpc) is 2.66. The van der Waals surface area contributed by atoms with Crippen molar-refractivity contribution in [1.82, 2.24) is 5.16 Å². The molecule has 6 nitrogen and oxygen atoms in total. The SMILES string of the molecule is CS(=O)(=O)CC(N)COc1noc2ccc(Cl)cc12. The summed E-state index contributed by atoms with van der Waals surface area (Å²) in [6.07, 6.45) is 1.12. The number of nitrogens with two attached hydrogens (primary N) is 1. The molecule has 0 spiro atoms. The van der Waals surface area contributed by atoms with Crippen molar-refractivity contribution in [2.75, 3.05) is 18.6 Å². The number of nitrogens with zero attached hydrogens (tertiary/aromatic N) is 1.